The van der Waals surface area contributed by atoms with Crippen molar-refractivity contribution in [3.05, 3.63) is 60.3 Å². The number of carbonyl (C=O) groups is 1. The van der Waals surface area contributed by atoms with E-state index in [1.807, 2.05) is 24.3 Å². The van der Waals surface area contributed by atoms with Gasteiger partial charge in [0.25, 0.3) is 5.91 Å². The van der Waals surface area contributed by atoms with E-state index in [0.717, 1.165) is 43.6 Å². The summed E-state index contributed by atoms with van der Waals surface area (Å²) in [4.78, 5) is 17.3. The molecular formula is C20H23N5O. The highest BCUT2D eigenvalue weighted by Gasteiger charge is 2.17. The molecule has 0 saturated carbocycles. The number of fused-ring (bicyclic) bond motifs is 1. The Morgan fingerprint density at radius 2 is 1.85 bits per heavy atom. The number of benzene rings is 2. The molecule has 1 amide bonds. The number of hydrogen-bond donors (Lipinski definition) is 2. The maximum atomic E-state index is 12.4. The number of anilines is 1. The second-order valence-corrected chi connectivity index (χ2v) is 6.56. The second-order valence-electron chi connectivity index (χ2n) is 6.56. The summed E-state index contributed by atoms with van der Waals surface area (Å²) in [7, 11) is 0. The van der Waals surface area contributed by atoms with Gasteiger partial charge in [-0.25, -0.2) is 0 Å². The van der Waals surface area contributed by atoms with Crippen molar-refractivity contribution >= 4 is 22.5 Å². The molecule has 0 aliphatic carbocycles. The predicted octanol–water partition coefficient (Wildman–Crippen LogP) is 2.11. The molecule has 6 nitrogen and oxygen atoms in total. The highest BCUT2D eigenvalue weighted by Crippen LogP contribution is 2.16. The SMILES string of the molecule is O=C(NCCN1CCN(c2ccccc2)CC1)c1cccc2cn[nH]c12. The molecule has 1 fully saturated rings. The zero-order valence-corrected chi connectivity index (χ0v) is 14.7. The van der Waals surface area contributed by atoms with Crippen LogP contribution in [0.25, 0.3) is 10.9 Å². The number of H-pyrrole nitrogens is 1. The normalized spacial score (nSPS) is 15.3. The zero-order chi connectivity index (χ0) is 17.8. The van der Waals surface area contributed by atoms with Gasteiger partial charge in [-0.05, 0) is 18.2 Å². The van der Waals surface area contributed by atoms with Gasteiger partial charge in [-0.1, -0.05) is 30.3 Å². The Labute approximate surface area is 152 Å². The Kier molecular flexibility index (Phi) is 4.84. The lowest BCUT2D eigenvalue weighted by Gasteiger charge is -2.36. The monoisotopic (exact) mass is 349 g/mol. The molecule has 26 heavy (non-hydrogen) atoms. The van der Waals surface area contributed by atoms with Gasteiger partial charge in [0.2, 0.25) is 0 Å². The third-order valence-electron chi connectivity index (χ3n) is 4.93. The molecule has 6 heteroatoms. The number of rotatable bonds is 5. The number of aromatic amines is 1. The zero-order valence-electron chi connectivity index (χ0n) is 14.7. The number of aromatic nitrogens is 2. The molecule has 0 spiro atoms. The first-order valence-corrected chi connectivity index (χ1v) is 9.04. The molecule has 0 unspecified atom stereocenters. The first-order chi connectivity index (χ1) is 12.8. The summed E-state index contributed by atoms with van der Waals surface area (Å²) in [5.41, 5.74) is 2.73. The van der Waals surface area contributed by atoms with Crippen LogP contribution in [0, 0.1) is 0 Å². The summed E-state index contributed by atoms with van der Waals surface area (Å²) in [5.74, 6) is -0.0530. The molecule has 0 radical (unpaired) electrons. The van der Waals surface area contributed by atoms with Gasteiger partial charge in [0.05, 0.1) is 17.3 Å². The second kappa shape index (κ2) is 7.58. The van der Waals surface area contributed by atoms with Gasteiger partial charge in [0.15, 0.2) is 0 Å². The van der Waals surface area contributed by atoms with Crippen LogP contribution in [0.5, 0.6) is 0 Å². The van der Waals surface area contributed by atoms with E-state index in [2.05, 4.69) is 49.6 Å². The van der Waals surface area contributed by atoms with Crippen LogP contribution in [0.2, 0.25) is 0 Å². The molecule has 134 valence electrons. The molecule has 1 aliphatic heterocycles. The van der Waals surface area contributed by atoms with Gasteiger partial charge in [-0.3, -0.25) is 14.8 Å². The maximum absolute atomic E-state index is 12.4. The van der Waals surface area contributed by atoms with Crippen LogP contribution in [0.3, 0.4) is 0 Å². The van der Waals surface area contributed by atoms with Crippen LogP contribution in [-0.2, 0) is 0 Å². The van der Waals surface area contributed by atoms with Crippen molar-refractivity contribution in [1.82, 2.24) is 20.4 Å². The largest absolute Gasteiger partial charge is 0.369 e. The molecule has 0 bridgehead atoms. The molecule has 1 aliphatic rings. The molecule has 3 aromatic rings. The van der Waals surface area contributed by atoms with E-state index in [0.29, 0.717) is 12.1 Å². The molecular weight excluding hydrogens is 326 g/mol. The number of amides is 1. The number of carbonyl (C=O) groups excluding carboxylic acids is 1. The number of hydrogen-bond acceptors (Lipinski definition) is 4. The number of nitrogens with one attached hydrogen (secondary N) is 2. The van der Waals surface area contributed by atoms with Crippen molar-refractivity contribution < 1.29 is 4.79 Å². The summed E-state index contributed by atoms with van der Waals surface area (Å²) in [6, 6.07) is 16.2. The van der Waals surface area contributed by atoms with Gasteiger partial charge < -0.3 is 10.2 Å². The lowest BCUT2D eigenvalue weighted by molar-refractivity contribution is 0.0949. The van der Waals surface area contributed by atoms with Gasteiger partial charge >= 0.3 is 0 Å². The fourth-order valence-electron chi connectivity index (χ4n) is 3.45. The van der Waals surface area contributed by atoms with E-state index in [9.17, 15) is 4.79 Å². The van der Waals surface area contributed by atoms with Crippen molar-refractivity contribution in [2.75, 3.05) is 44.2 Å². The minimum Gasteiger partial charge on any atom is -0.369 e. The smallest absolute Gasteiger partial charge is 0.253 e. The van der Waals surface area contributed by atoms with E-state index >= 15 is 0 Å². The minimum absolute atomic E-state index is 0.0530. The molecule has 1 aromatic heterocycles. The lowest BCUT2D eigenvalue weighted by atomic mass is 10.1. The summed E-state index contributed by atoms with van der Waals surface area (Å²) in [6.07, 6.45) is 1.73. The first-order valence-electron chi connectivity index (χ1n) is 9.04. The van der Waals surface area contributed by atoms with Crippen LogP contribution in [0.1, 0.15) is 10.4 Å². The minimum atomic E-state index is -0.0530. The standard InChI is InChI=1S/C20H23N5O/c26-20(18-8-4-5-16-15-22-23-19(16)18)21-9-10-24-11-13-25(14-12-24)17-6-2-1-3-7-17/h1-8,15H,9-14H2,(H,21,26)(H,22,23). The summed E-state index contributed by atoms with van der Waals surface area (Å²) in [5, 5.41) is 10.9. The van der Waals surface area contributed by atoms with Crippen LogP contribution in [0.15, 0.2) is 54.7 Å². The lowest BCUT2D eigenvalue weighted by Crippen LogP contribution is -2.48. The van der Waals surface area contributed by atoms with Gasteiger partial charge in [0, 0.05) is 50.3 Å². The molecule has 2 N–H and O–H groups in total. The van der Waals surface area contributed by atoms with E-state index in [1.54, 1.807) is 6.20 Å². The quantitative estimate of drug-likeness (QED) is 0.741. The van der Waals surface area contributed by atoms with Gasteiger partial charge in [0.1, 0.15) is 0 Å². The number of piperazine rings is 1. The molecule has 0 atom stereocenters. The van der Waals surface area contributed by atoms with Crippen LogP contribution in [-0.4, -0.2) is 60.3 Å². The Bertz CT molecular complexity index is 868. The molecule has 2 aromatic carbocycles. The van der Waals surface area contributed by atoms with Crippen LogP contribution < -0.4 is 10.2 Å². The van der Waals surface area contributed by atoms with Crippen molar-refractivity contribution in [3.63, 3.8) is 0 Å². The third kappa shape index (κ3) is 3.55. The average molecular weight is 349 g/mol. The molecule has 4 rings (SSSR count). The molecule has 2 heterocycles. The Balaban J connectivity index is 1.25. The predicted molar refractivity (Wildman–Crippen MR) is 104 cm³/mol. The van der Waals surface area contributed by atoms with Gasteiger partial charge in [-0.2, -0.15) is 5.10 Å². The highest BCUT2D eigenvalue weighted by molar-refractivity contribution is 6.05. The summed E-state index contributed by atoms with van der Waals surface area (Å²) >= 11 is 0. The summed E-state index contributed by atoms with van der Waals surface area (Å²) < 4.78 is 0. The van der Waals surface area contributed by atoms with Crippen molar-refractivity contribution in [2.45, 2.75) is 0 Å². The van der Waals surface area contributed by atoms with Crippen molar-refractivity contribution in [1.29, 1.82) is 0 Å². The molecule has 1 saturated heterocycles. The van der Waals surface area contributed by atoms with E-state index in [1.165, 1.54) is 5.69 Å². The Morgan fingerprint density at radius 1 is 1.04 bits per heavy atom. The summed E-state index contributed by atoms with van der Waals surface area (Å²) in [6.45, 7) is 5.58. The van der Waals surface area contributed by atoms with Crippen LogP contribution in [0.4, 0.5) is 5.69 Å². The number of nitrogens with zero attached hydrogens (tertiary/aromatic N) is 3. The fraction of sp³-hybridized carbons (Fsp3) is 0.300. The van der Waals surface area contributed by atoms with E-state index in [4.69, 9.17) is 0 Å². The topological polar surface area (TPSA) is 64.3 Å². The van der Waals surface area contributed by atoms with E-state index < -0.39 is 0 Å². The highest BCUT2D eigenvalue weighted by atomic mass is 16.1. The van der Waals surface area contributed by atoms with E-state index in [-0.39, 0.29) is 5.91 Å². The first kappa shape index (κ1) is 16.6. The third-order valence-corrected chi connectivity index (χ3v) is 4.93. The van der Waals surface area contributed by atoms with Crippen LogP contribution >= 0.6 is 0 Å². The number of para-hydroxylation sites is 2. The fourth-order valence-corrected chi connectivity index (χ4v) is 3.45. The van der Waals surface area contributed by atoms with Gasteiger partial charge in [-0.15, -0.1) is 0 Å². The van der Waals surface area contributed by atoms with Crippen molar-refractivity contribution in [2.24, 2.45) is 0 Å². The average Bonchev–Trinajstić information content (AvgIpc) is 3.18. The Hall–Kier alpha value is -2.86. The Morgan fingerprint density at radius 3 is 2.65 bits per heavy atom. The van der Waals surface area contributed by atoms with Crippen molar-refractivity contribution in [3.8, 4) is 0 Å². The maximum Gasteiger partial charge on any atom is 0.253 e.